The van der Waals surface area contributed by atoms with E-state index < -0.39 is 5.54 Å². The zero-order valence-electron chi connectivity index (χ0n) is 15.5. The molecular formula is C19H32N2O3. The van der Waals surface area contributed by atoms with Gasteiger partial charge in [0.2, 0.25) is 0 Å². The fourth-order valence-corrected chi connectivity index (χ4v) is 4.14. The maximum Gasteiger partial charge on any atom is 0.327 e. The molecule has 0 spiro atoms. The van der Waals surface area contributed by atoms with E-state index in [0.717, 1.165) is 44.9 Å². The summed E-state index contributed by atoms with van der Waals surface area (Å²) in [4.78, 5) is 40.4. The largest absolute Gasteiger partial charge is 0.327 e. The van der Waals surface area contributed by atoms with Gasteiger partial charge in [-0.2, -0.15) is 0 Å². The molecule has 1 saturated carbocycles. The number of carbonyl (C=O) groups excluding carboxylic acids is 3. The predicted octanol–water partition coefficient (Wildman–Crippen LogP) is 3.76. The second-order valence-corrected chi connectivity index (χ2v) is 7.56. The molecule has 0 aromatic carbocycles. The molecule has 0 bridgehead atoms. The summed E-state index contributed by atoms with van der Waals surface area (Å²) in [6.07, 6.45) is 10.1. The zero-order chi connectivity index (χ0) is 17.7. The molecule has 0 aromatic rings. The number of carbonyl (C=O) groups is 3. The monoisotopic (exact) mass is 336 g/mol. The number of rotatable bonds is 9. The molecule has 1 heterocycles. The van der Waals surface area contributed by atoms with Crippen LogP contribution in [0.2, 0.25) is 0 Å². The fraction of sp³-hybridized carbons (Fsp3) is 0.842. The summed E-state index contributed by atoms with van der Waals surface area (Å²) >= 11 is 0. The third-order valence-electron chi connectivity index (χ3n) is 5.94. The number of hydrogen-bond donors (Lipinski definition) is 0. The summed E-state index contributed by atoms with van der Waals surface area (Å²) in [5, 5.41) is 0. The first-order valence-electron chi connectivity index (χ1n) is 9.54. The lowest BCUT2D eigenvalue weighted by Gasteiger charge is -2.34. The van der Waals surface area contributed by atoms with Gasteiger partial charge in [0.25, 0.3) is 5.91 Å². The number of Topliss-reactive ketones (excluding diaryl/α,β-unsaturated/α-hetero) is 1. The lowest BCUT2D eigenvalue weighted by Crippen LogP contribution is -2.50. The molecule has 1 unspecified atom stereocenters. The average Bonchev–Trinajstić information content (AvgIpc) is 3.16. The van der Waals surface area contributed by atoms with Crippen molar-refractivity contribution < 1.29 is 14.4 Å². The van der Waals surface area contributed by atoms with Crippen LogP contribution in [0.5, 0.6) is 0 Å². The van der Waals surface area contributed by atoms with Crippen molar-refractivity contribution in [2.45, 2.75) is 83.6 Å². The van der Waals surface area contributed by atoms with Crippen LogP contribution >= 0.6 is 0 Å². The number of hydrogen-bond acceptors (Lipinski definition) is 3. The van der Waals surface area contributed by atoms with E-state index in [1.165, 1.54) is 17.7 Å². The molecule has 2 aliphatic rings. The maximum atomic E-state index is 12.9. The molecule has 1 atom stereocenters. The molecule has 0 radical (unpaired) electrons. The Morgan fingerprint density at radius 3 is 2.38 bits per heavy atom. The van der Waals surface area contributed by atoms with Gasteiger partial charge in [-0.1, -0.05) is 45.4 Å². The number of nitrogens with zero attached hydrogens (tertiary/aromatic N) is 2. The van der Waals surface area contributed by atoms with E-state index in [9.17, 15) is 14.4 Å². The Bertz CT molecular complexity index is 485. The van der Waals surface area contributed by atoms with Crippen LogP contribution in [-0.4, -0.2) is 46.7 Å². The zero-order valence-corrected chi connectivity index (χ0v) is 15.5. The van der Waals surface area contributed by atoms with Crippen LogP contribution in [0.4, 0.5) is 4.79 Å². The van der Waals surface area contributed by atoms with Crippen molar-refractivity contribution in [2.75, 3.05) is 13.6 Å². The van der Waals surface area contributed by atoms with Gasteiger partial charge in [-0.25, -0.2) is 4.79 Å². The Morgan fingerprint density at radius 2 is 1.75 bits per heavy atom. The third-order valence-corrected chi connectivity index (χ3v) is 5.94. The Labute approximate surface area is 145 Å². The first kappa shape index (κ1) is 18.9. The number of urea groups is 1. The molecule has 136 valence electrons. The molecule has 5 heteroatoms. The molecule has 5 nitrogen and oxygen atoms in total. The second-order valence-electron chi connectivity index (χ2n) is 7.56. The highest BCUT2D eigenvalue weighted by Gasteiger charge is 2.56. The summed E-state index contributed by atoms with van der Waals surface area (Å²) < 4.78 is 0. The summed E-state index contributed by atoms with van der Waals surface area (Å²) in [6.45, 7) is 3.98. The van der Waals surface area contributed by atoms with Crippen molar-refractivity contribution in [3.8, 4) is 0 Å². The first-order valence-corrected chi connectivity index (χ1v) is 9.54. The molecule has 0 N–H and O–H groups in total. The third kappa shape index (κ3) is 3.65. The maximum absolute atomic E-state index is 12.9. The summed E-state index contributed by atoms with van der Waals surface area (Å²) in [7, 11) is 1.70. The van der Waals surface area contributed by atoms with Crippen LogP contribution < -0.4 is 0 Å². The summed E-state index contributed by atoms with van der Waals surface area (Å²) in [6, 6.07) is -0.311. The molecule has 1 aliphatic carbocycles. The van der Waals surface area contributed by atoms with Crippen LogP contribution in [0.25, 0.3) is 0 Å². The van der Waals surface area contributed by atoms with Crippen LogP contribution in [0.3, 0.4) is 0 Å². The van der Waals surface area contributed by atoms with Gasteiger partial charge >= 0.3 is 6.03 Å². The quantitative estimate of drug-likeness (QED) is 0.476. The standard InChI is InChI=1S/C19H32N2O3/c1-4-5-6-7-8-13-16(22)14-21-17(23)19(2,20(3)18(21)24)15-11-9-10-12-15/h15H,4-14H2,1-3H3. The molecule has 0 aromatic heterocycles. The number of ketones is 1. The van der Waals surface area contributed by atoms with Gasteiger partial charge in [-0.05, 0) is 32.1 Å². The number of likely N-dealkylation sites (N-methyl/N-ethyl adjacent to an activating group) is 1. The lowest BCUT2D eigenvalue weighted by molar-refractivity contribution is -0.137. The molecule has 24 heavy (non-hydrogen) atoms. The fourth-order valence-electron chi connectivity index (χ4n) is 4.14. The molecule has 1 saturated heterocycles. The van der Waals surface area contributed by atoms with Crippen LogP contribution in [0.15, 0.2) is 0 Å². The Hall–Kier alpha value is -1.39. The van der Waals surface area contributed by atoms with Crippen LogP contribution in [0.1, 0.15) is 78.1 Å². The van der Waals surface area contributed by atoms with E-state index in [-0.39, 0.29) is 30.2 Å². The van der Waals surface area contributed by atoms with Gasteiger partial charge < -0.3 is 4.90 Å². The molecule has 2 rings (SSSR count). The van der Waals surface area contributed by atoms with Crippen molar-refractivity contribution >= 4 is 17.7 Å². The highest BCUT2D eigenvalue weighted by atomic mass is 16.2. The van der Waals surface area contributed by atoms with Crippen molar-refractivity contribution in [3.05, 3.63) is 0 Å². The smallest absolute Gasteiger partial charge is 0.313 e. The topological polar surface area (TPSA) is 57.7 Å². The van der Waals surface area contributed by atoms with Gasteiger partial charge in [0.1, 0.15) is 5.54 Å². The van der Waals surface area contributed by atoms with Crippen LogP contribution in [-0.2, 0) is 9.59 Å². The SMILES string of the molecule is CCCCCCCC(=O)CN1C(=O)N(C)C(C)(C2CCCC2)C1=O. The Balaban J connectivity index is 1.92. The lowest BCUT2D eigenvalue weighted by atomic mass is 9.83. The van der Waals surface area contributed by atoms with Gasteiger partial charge in [-0.15, -0.1) is 0 Å². The predicted molar refractivity (Wildman–Crippen MR) is 93.6 cm³/mol. The minimum atomic E-state index is -0.769. The number of imide groups is 1. The minimum Gasteiger partial charge on any atom is -0.313 e. The van der Waals surface area contributed by atoms with E-state index in [4.69, 9.17) is 0 Å². The van der Waals surface area contributed by atoms with E-state index in [2.05, 4.69) is 6.92 Å². The average molecular weight is 336 g/mol. The van der Waals surface area contributed by atoms with Gasteiger partial charge in [0.05, 0.1) is 6.54 Å². The normalized spacial score (nSPS) is 25.1. The van der Waals surface area contributed by atoms with Gasteiger partial charge in [-0.3, -0.25) is 14.5 Å². The molecule has 1 aliphatic heterocycles. The highest BCUT2D eigenvalue weighted by molar-refractivity contribution is 6.09. The summed E-state index contributed by atoms with van der Waals surface area (Å²) in [5.74, 6) is 0.0339. The molecule has 3 amide bonds. The van der Waals surface area contributed by atoms with E-state index >= 15 is 0 Å². The van der Waals surface area contributed by atoms with Gasteiger partial charge in [0, 0.05) is 13.5 Å². The van der Waals surface area contributed by atoms with E-state index in [0.29, 0.717) is 6.42 Å². The van der Waals surface area contributed by atoms with Crippen molar-refractivity contribution in [3.63, 3.8) is 0 Å². The minimum absolute atomic E-state index is 0.00253. The summed E-state index contributed by atoms with van der Waals surface area (Å²) in [5.41, 5.74) is -0.769. The molecular weight excluding hydrogens is 304 g/mol. The Kier molecular flexibility index (Phi) is 6.41. The second kappa shape index (κ2) is 8.13. The van der Waals surface area contributed by atoms with Crippen molar-refractivity contribution in [1.29, 1.82) is 0 Å². The van der Waals surface area contributed by atoms with Gasteiger partial charge in [0.15, 0.2) is 5.78 Å². The Morgan fingerprint density at radius 1 is 1.12 bits per heavy atom. The first-order chi connectivity index (χ1) is 11.4. The number of amides is 3. The van der Waals surface area contributed by atoms with E-state index in [1.54, 1.807) is 11.9 Å². The number of unbranched alkanes of at least 4 members (excludes halogenated alkanes) is 4. The van der Waals surface area contributed by atoms with E-state index in [1.807, 2.05) is 6.92 Å². The highest BCUT2D eigenvalue weighted by Crippen LogP contribution is 2.41. The van der Waals surface area contributed by atoms with Crippen molar-refractivity contribution in [2.24, 2.45) is 5.92 Å². The molecule has 2 fully saturated rings. The van der Waals surface area contributed by atoms with Crippen LogP contribution in [0, 0.1) is 5.92 Å². The van der Waals surface area contributed by atoms with Crippen molar-refractivity contribution in [1.82, 2.24) is 9.80 Å².